The second-order valence-electron chi connectivity index (χ2n) is 5.64. The third-order valence-electron chi connectivity index (χ3n) is 4.02. The number of hydrogen-bond donors (Lipinski definition) is 1. The third-order valence-corrected chi connectivity index (χ3v) is 4.02. The van der Waals surface area contributed by atoms with E-state index in [4.69, 9.17) is 18.9 Å². The highest BCUT2D eigenvalue weighted by molar-refractivity contribution is 5.78. The average molecular weight is 359 g/mol. The van der Waals surface area contributed by atoms with E-state index in [2.05, 4.69) is 5.32 Å². The Morgan fingerprint density at radius 3 is 2.19 bits per heavy atom. The summed E-state index contributed by atoms with van der Waals surface area (Å²) in [5, 5.41) is 2.93. The Morgan fingerprint density at radius 1 is 0.846 bits per heavy atom. The van der Waals surface area contributed by atoms with Gasteiger partial charge in [-0.05, 0) is 47.9 Å². The number of ether oxygens (including phenoxy) is 4. The molecule has 0 saturated carbocycles. The average Bonchev–Trinajstić information content (AvgIpc) is 2.67. The van der Waals surface area contributed by atoms with Crippen molar-refractivity contribution in [3.8, 4) is 23.0 Å². The van der Waals surface area contributed by atoms with Crippen LogP contribution in [0.15, 0.2) is 36.4 Å². The van der Waals surface area contributed by atoms with Gasteiger partial charge in [0, 0.05) is 6.54 Å². The lowest BCUT2D eigenvalue weighted by atomic mass is 10.1. The van der Waals surface area contributed by atoms with Crippen LogP contribution < -0.4 is 24.3 Å². The first kappa shape index (κ1) is 19.4. The Balaban J connectivity index is 1.91. The fourth-order valence-electron chi connectivity index (χ4n) is 2.65. The van der Waals surface area contributed by atoms with Crippen LogP contribution in [0.5, 0.6) is 23.0 Å². The second kappa shape index (κ2) is 9.56. The minimum atomic E-state index is -0.0564. The van der Waals surface area contributed by atoms with E-state index in [1.807, 2.05) is 30.3 Å². The van der Waals surface area contributed by atoms with Crippen molar-refractivity contribution in [2.45, 2.75) is 12.8 Å². The predicted octanol–water partition coefficient (Wildman–Crippen LogP) is 2.62. The first-order valence-electron chi connectivity index (χ1n) is 8.29. The topological polar surface area (TPSA) is 66.0 Å². The zero-order valence-corrected chi connectivity index (χ0v) is 15.6. The molecule has 1 N–H and O–H groups in total. The molecule has 0 aromatic heterocycles. The summed E-state index contributed by atoms with van der Waals surface area (Å²) >= 11 is 0. The fourth-order valence-corrected chi connectivity index (χ4v) is 2.65. The standard InChI is InChI=1S/C20H25NO5/c1-23-16-6-8-17(24-2)15(13-16)9-10-21-20(22)12-14-5-7-18(25-3)19(11-14)26-4/h5-8,11,13H,9-10,12H2,1-4H3,(H,21,22). The van der Waals surface area contributed by atoms with E-state index in [0.717, 1.165) is 22.6 Å². The smallest absolute Gasteiger partial charge is 0.224 e. The minimum Gasteiger partial charge on any atom is -0.497 e. The largest absolute Gasteiger partial charge is 0.497 e. The molecule has 2 aromatic rings. The quantitative estimate of drug-likeness (QED) is 0.746. The lowest BCUT2D eigenvalue weighted by Gasteiger charge is -2.12. The normalized spacial score (nSPS) is 10.2. The van der Waals surface area contributed by atoms with Crippen LogP contribution in [0, 0.1) is 0 Å². The van der Waals surface area contributed by atoms with Crippen LogP contribution in [-0.2, 0) is 17.6 Å². The Labute approximate surface area is 154 Å². The van der Waals surface area contributed by atoms with Crippen LogP contribution >= 0.6 is 0 Å². The number of carbonyl (C=O) groups excluding carboxylic acids is 1. The molecule has 0 radical (unpaired) electrons. The van der Waals surface area contributed by atoms with Gasteiger partial charge in [0.15, 0.2) is 11.5 Å². The summed E-state index contributed by atoms with van der Waals surface area (Å²) in [5.41, 5.74) is 1.84. The molecule has 0 aliphatic carbocycles. The van der Waals surface area contributed by atoms with Crippen molar-refractivity contribution < 1.29 is 23.7 Å². The molecule has 0 bridgehead atoms. The zero-order valence-electron chi connectivity index (χ0n) is 15.6. The number of nitrogens with one attached hydrogen (secondary N) is 1. The van der Waals surface area contributed by atoms with Crippen molar-refractivity contribution in [3.05, 3.63) is 47.5 Å². The molecule has 0 aliphatic heterocycles. The van der Waals surface area contributed by atoms with Gasteiger partial charge in [0.1, 0.15) is 11.5 Å². The van der Waals surface area contributed by atoms with Gasteiger partial charge in [0.05, 0.1) is 34.9 Å². The highest BCUT2D eigenvalue weighted by atomic mass is 16.5. The van der Waals surface area contributed by atoms with Gasteiger partial charge in [-0.1, -0.05) is 6.07 Å². The Morgan fingerprint density at radius 2 is 1.54 bits per heavy atom. The summed E-state index contributed by atoms with van der Waals surface area (Å²) in [5.74, 6) is 2.73. The van der Waals surface area contributed by atoms with Gasteiger partial charge in [-0.25, -0.2) is 0 Å². The molecular formula is C20H25NO5. The summed E-state index contributed by atoms with van der Waals surface area (Å²) in [6.07, 6.45) is 0.924. The molecule has 6 heteroatoms. The van der Waals surface area contributed by atoms with Crippen molar-refractivity contribution >= 4 is 5.91 Å². The van der Waals surface area contributed by atoms with E-state index in [1.165, 1.54) is 0 Å². The maximum Gasteiger partial charge on any atom is 0.224 e. The van der Waals surface area contributed by atoms with Crippen LogP contribution in [0.1, 0.15) is 11.1 Å². The van der Waals surface area contributed by atoms with Crippen LogP contribution in [0.3, 0.4) is 0 Å². The Hall–Kier alpha value is -2.89. The Bertz CT molecular complexity index is 745. The molecule has 0 unspecified atom stereocenters. The van der Waals surface area contributed by atoms with E-state index in [9.17, 15) is 4.79 Å². The molecule has 0 saturated heterocycles. The first-order valence-corrected chi connectivity index (χ1v) is 8.29. The van der Waals surface area contributed by atoms with Crippen molar-refractivity contribution in [1.29, 1.82) is 0 Å². The molecule has 0 heterocycles. The lowest BCUT2D eigenvalue weighted by molar-refractivity contribution is -0.120. The van der Waals surface area contributed by atoms with Gasteiger partial charge < -0.3 is 24.3 Å². The number of carbonyl (C=O) groups is 1. The Kier molecular flexibility index (Phi) is 7.14. The van der Waals surface area contributed by atoms with Gasteiger partial charge in [-0.3, -0.25) is 4.79 Å². The van der Waals surface area contributed by atoms with Gasteiger partial charge in [-0.15, -0.1) is 0 Å². The van der Waals surface area contributed by atoms with Crippen molar-refractivity contribution in [2.24, 2.45) is 0 Å². The van der Waals surface area contributed by atoms with Crippen LogP contribution in [0.4, 0.5) is 0 Å². The van der Waals surface area contributed by atoms with Gasteiger partial charge in [0.2, 0.25) is 5.91 Å². The highest BCUT2D eigenvalue weighted by Gasteiger charge is 2.09. The minimum absolute atomic E-state index is 0.0564. The molecular weight excluding hydrogens is 334 g/mol. The van der Waals surface area contributed by atoms with E-state index in [-0.39, 0.29) is 12.3 Å². The van der Waals surface area contributed by atoms with Crippen molar-refractivity contribution in [3.63, 3.8) is 0 Å². The lowest BCUT2D eigenvalue weighted by Crippen LogP contribution is -2.27. The number of rotatable bonds is 9. The number of amides is 1. The first-order chi connectivity index (χ1) is 12.6. The van der Waals surface area contributed by atoms with E-state index in [0.29, 0.717) is 24.5 Å². The molecule has 140 valence electrons. The third kappa shape index (κ3) is 5.05. The maximum atomic E-state index is 12.2. The maximum absolute atomic E-state index is 12.2. The van der Waals surface area contributed by atoms with E-state index in [1.54, 1.807) is 34.5 Å². The number of benzene rings is 2. The summed E-state index contributed by atoms with van der Waals surface area (Å²) in [6.45, 7) is 0.510. The van der Waals surface area contributed by atoms with Crippen LogP contribution in [0.25, 0.3) is 0 Å². The molecule has 2 aromatic carbocycles. The molecule has 0 fully saturated rings. The van der Waals surface area contributed by atoms with Gasteiger partial charge in [-0.2, -0.15) is 0 Å². The molecule has 26 heavy (non-hydrogen) atoms. The molecule has 2 rings (SSSR count). The second-order valence-corrected chi connectivity index (χ2v) is 5.64. The van der Waals surface area contributed by atoms with Gasteiger partial charge >= 0.3 is 0 Å². The fraction of sp³-hybridized carbons (Fsp3) is 0.350. The molecule has 0 spiro atoms. The summed E-state index contributed by atoms with van der Waals surface area (Å²) in [4.78, 5) is 12.2. The molecule has 0 atom stereocenters. The summed E-state index contributed by atoms with van der Waals surface area (Å²) < 4.78 is 21.1. The van der Waals surface area contributed by atoms with Crippen LogP contribution in [0.2, 0.25) is 0 Å². The SMILES string of the molecule is COc1ccc(OC)c(CCNC(=O)Cc2ccc(OC)c(OC)c2)c1. The number of hydrogen-bond acceptors (Lipinski definition) is 5. The predicted molar refractivity (Wildman–Crippen MR) is 99.5 cm³/mol. The van der Waals surface area contributed by atoms with Crippen LogP contribution in [-0.4, -0.2) is 40.9 Å². The molecule has 0 aliphatic rings. The summed E-state index contributed by atoms with van der Waals surface area (Å²) in [7, 11) is 6.40. The number of methoxy groups -OCH3 is 4. The van der Waals surface area contributed by atoms with Gasteiger partial charge in [0.25, 0.3) is 0 Å². The van der Waals surface area contributed by atoms with E-state index >= 15 is 0 Å². The molecule has 6 nitrogen and oxygen atoms in total. The summed E-state index contributed by atoms with van der Waals surface area (Å²) in [6, 6.07) is 11.1. The van der Waals surface area contributed by atoms with Crippen molar-refractivity contribution in [1.82, 2.24) is 5.32 Å². The zero-order chi connectivity index (χ0) is 18.9. The highest BCUT2D eigenvalue weighted by Crippen LogP contribution is 2.27. The monoisotopic (exact) mass is 359 g/mol. The van der Waals surface area contributed by atoms with Crippen molar-refractivity contribution in [2.75, 3.05) is 35.0 Å². The molecule has 1 amide bonds. The van der Waals surface area contributed by atoms with E-state index < -0.39 is 0 Å².